The van der Waals surface area contributed by atoms with Gasteiger partial charge in [0.15, 0.2) is 16.3 Å². The first-order chi connectivity index (χ1) is 19.9. The summed E-state index contributed by atoms with van der Waals surface area (Å²) >= 11 is 1.25. The number of benzene rings is 3. The molecule has 0 aliphatic carbocycles. The maximum atomic E-state index is 13.8. The zero-order valence-electron chi connectivity index (χ0n) is 22.8. The first-order valence-electron chi connectivity index (χ1n) is 13.0. The van der Waals surface area contributed by atoms with Crippen molar-refractivity contribution in [2.45, 2.75) is 26.5 Å². The van der Waals surface area contributed by atoms with Gasteiger partial charge in [-0.05, 0) is 49.2 Å². The van der Waals surface area contributed by atoms with Crippen LogP contribution in [0.25, 0.3) is 6.08 Å². The van der Waals surface area contributed by atoms with Crippen LogP contribution in [0.3, 0.4) is 0 Å². The molecule has 0 fully saturated rings. The van der Waals surface area contributed by atoms with Gasteiger partial charge in [-0.15, -0.1) is 0 Å². The number of nitrogens with zero attached hydrogens (tertiary/aromatic N) is 3. The summed E-state index contributed by atoms with van der Waals surface area (Å²) in [5.74, 6) is 0.510. The maximum absolute atomic E-state index is 13.8. The zero-order chi connectivity index (χ0) is 28.9. The van der Waals surface area contributed by atoms with E-state index < -0.39 is 12.0 Å². The number of methoxy groups -OCH3 is 1. The minimum Gasteiger partial charge on any atom is -0.493 e. The van der Waals surface area contributed by atoms with Crippen LogP contribution in [0.15, 0.2) is 93.9 Å². The predicted octanol–water partition coefficient (Wildman–Crippen LogP) is 4.26. The molecule has 9 heteroatoms. The molecule has 0 radical (unpaired) electrons. The number of thiazole rings is 1. The summed E-state index contributed by atoms with van der Waals surface area (Å²) in [5, 5.41) is 9.34. The van der Waals surface area contributed by atoms with Crippen LogP contribution in [0.4, 0.5) is 0 Å². The number of carbonyl (C=O) groups excluding carboxylic acids is 1. The van der Waals surface area contributed by atoms with Crippen molar-refractivity contribution in [2.75, 3.05) is 13.7 Å². The highest BCUT2D eigenvalue weighted by Gasteiger charge is 2.33. The number of esters is 1. The molecule has 41 heavy (non-hydrogen) atoms. The van der Waals surface area contributed by atoms with Gasteiger partial charge in [0.2, 0.25) is 0 Å². The third-order valence-corrected chi connectivity index (χ3v) is 7.62. The highest BCUT2D eigenvalue weighted by molar-refractivity contribution is 7.07. The quantitative estimate of drug-likeness (QED) is 0.296. The van der Waals surface area contributed by atoms with Crippen molar-refractivity contribution in [1.29, 1.82) is 5.26 Å². The molecule has 3 aromatic carbocycles. The topological polar surface area (TPSA) is 103 Å². The van der Waals surface area contributed by atoms with Gasteiger partial charge in [0.25, 0.3) is 5.56 Å². The molecule has 0 N–H and O–H groups in total. The van der Waals surface area contributed by atoms with Crippen LogP contribution in [0.2, 0.25) is 0 Å². The molecule has 0 saturated heterocycles. The molecular formula is C32H27N3O5S. The van der Waals surface area contributed by atoms with Gasteiger partial charge >= 0.3 is 5.97 Å². The van der Waals surface area contributed by atoms with Gasteiger partial charge in [0.05, 0.1) is 47.2 Å². The Hall–Kier alpha value is -4.94. The summed E-state index contributed by atoms with van der Waals surface area (Å²) in [6.45, 7) is 3.93. The Balaban J connectivity index is 1.53. The Kier molecular flexibility index (Phi) is 8.13. The third kappa shape index (κ3) is 5.55. The second-order valence-corrected chi connectivity index (χ2v) is 10.2. The predicted molar refractivity (Wildman–Crippen MR) is 155 cm³/mol. The van der Waals surface area contributed by atoms with E-state index in [4.69, 9.17) is 14.2 Å². The molecule has 8 nitrogen and oxygen atoms in total. The van der Waals surface area contributed by atoms with Gasteiger partial charge in [-0.25, -0.2) is 9.79 Å². The van der Waals surface area contributed by atoms with Crippen molar-refractivity contribution in [1.82, 2.24) is 4.57 Å². The molecule has 2 heterocycles. The van der Waals surface area contributed by atoms with Gasteiger partial charge in [0, 0.05) is 5.56 Å². The lowest BCUT2D eigenvalue weighted by atomic mass is 9.96. The molecule has 0 saturated carbocycles. The summed E-state index contributed by atoms with van der Waals surface area (Å²) in [5.41, 5.74) is 3.45. The molecule has 206 valence electrons. The molecule has 1 aliphatic heterocycles. The van der Waals surface area contributed by atoms with E-state index in [-0.39, 0.29) is 18.8 Å². The number of hydrogen-bond acceptors (Lipinski definition) is 8. The molecule has 1 aliphatic rings. The summed E-state index contributed by atoms with van der Waals surface area (Å²) in [6.07, 6.45) is 1.77. The van der Waals surface area contributed by atoms with Gasteiger partial charge in [-0.3, -0.25) is 9.36 Å². The Morgan fingerprint density at radius 1 is 1.10 bits per heavy atom. The lowest BCUT2D eigenvalue weighted by Gasteiger charge is -2.24. The third-order valence-electron chi connectivity index (χ3n) is 6.64. The molecule has 0 bridgehead atoms. The summed E-state index contributed by atoms with van der Waals surface area (Å²) in [6, 6.07) is 23.6. The van der Waals surface area contributed by atoms with Crippen LogP contribution >= 0.6 is 11.3 Å². The number of allylic oxidation sites excluding steroid dienone is 1. The first-order valence-corrected chi connectivity index (χ1v) is 13.8. The monoisotopic (exact) mass is 565 g/mol. The second kappa shape index (κ2) is 12.1. The molecule has 1 atom stereocenters. The van der Waals surface area contributed by atoms with E-state index in [2.05, 4.69) is 11.1 Å². The van der Waals surface area contributed by atoms with Crippen molar-refractivity contribution in [3.8, 4) is 17.6 Å². The van der Waals surface area contributed by atoms with E-state index in [1.165, 1.54) is 11.3 Å². The summed E-state index contributed by atoms with van der Waals surface area (Å²) < 4.78 is 18.9. The Labute approximate surface area is 240 Å². The molecule has 0 spiro atoms. The average Bonchev–Trinajstić information content (AvgIpc) is 3.29. The SMILES string of the molecule is CCOC(=O)C1=C(C)N=c2s/c(=C/c3ccc(OCc4ccccc4C#N)c(OC)c3)c(=O)n2[C@@H]1c1ccccc1. The highest BCUT2D eigenvalue weighted by atomic mass is 32.1. The minimum atomic E-state index is -0.657. The number of ether oxygens (including phenoxy) is 3. The largest absolute Gasteiger partial charge is 0.493 e. The number of fused-ring (bicyclic) bond motifs is 1. The normalized spacial score (nSPS) is 14.6. The first kappa shape index (κ1) is 27.6. The van der Waals surface area contributed by atoms with E-state index in [9.17, 15) is 14.9 Å². The van der Waals surface area contributed by atoms with Crippen molar-refractivity contribution in [3.63, 3.8) is 0 Å². The Bertz CT molecular complexity index is 1870. The van der Waals surface area contributed by atoms with Crippen LogP contribution in [0.5, 0.6) is 11.5 Å². The molecule has 4 aromatic rings. The molecule has 5 rings (SSSR count). The van der Waals surface area contributed by atoms with Crippen LogP contribution in [0.1, 0.15) is 42.1 Å². The van der Waals surface area contributed by atoms with Crippen LogP contribution < -0.4 is 24.4 Å². The Morgan fingerprint density at radius 3 is 2.59 bits per heavy atom. The summed E-state index contributed by atoms with van der Waals surface area (Å²) in [4.78, 5) is 31.9. The molecule has 0 unspecified atom stereocenters. The average molecular weight is 566 g/mol. The number of carbonyl (C=O) groups is 1. The van der Waals surface area contributed by atoms with Crippen molar-refractivity contribution in [3.05, 3.63) is 126 Å². The molecule has 0 amide bonds. The fourth-order valence-electron chi connectivity index (χ4n) is 4.70. The number of aromatic nitrogens is 1. The van der Waals surface area contributed by atoms with Crippen molar-refractivity contribution in [2.24, 2.45) is 4.99 Å². The molecule has 1 aromatic heterocycles. The van der Waals surface area contributed by atoms with E-state index in [1.54, 1.807) is 49.8 Å². The maximum Gasteiger partial charge on any atom is 0.338 e. The molecular weight excluding hydrogens is 538 g/mol. The van der Waals surface area contributed by atoms with Gasteiger partial charge in [-0.1, -0.05) is 65.9 Å². The smallest absolute Gasteiger partial charge is 0.338 e. The van der Waals surface area contributed by atoms with E-state index >= 15 is 0 Å². The number of nitriles is 1. The lowest BCUT2D eigenvalue weighted by Crippen LogP contribution is -2.39. The van der Waals surface area contributed by atoms with Crippen LogP contribution in [0, 0.1) is 11.3 Å². The van der Waals surface area contributed by atoms with E-state index in [0.29, 0.717) is 37.7 Å². The van der Waals surface area contributed by atoms with Crippen molar-refractivity contribution >= 4 is 23.4 Å². The van der Waals surface area contributed by atoms with Crippen LogP contribution in [-0.2, 0) is 16.1 Å². The zero-order valence-corrected chi connectivity index (χ0v) is 23.6. The van der Waals surface area contributed by atoms with Gasteiger partial charge in [0.1, 0.15) is 6.61 Å². The van der Waals surface area contributed by atoms with E-state index in [0.717, 1.165) is 16.7 Å². The minimum absolute atomic E-state index is 0.208. The number of rotatable bonds is 8. The fourth-order valence-corrected chi connectivity index (χ4v) is 5.74. The second-order valence-electron chi connectivity index (χ2n) is 9.18. The lowest BCUT2D eigenvalue weighted by molar-refractivity contribution is -0.139. The van der Waals surface area contributed by atoms with E-state index in [1.807, 2.05) is 54.6 Å². The fraction of sp³-hybridized carbons (Fsp3) is 0.188. The highest BCUT2D eigenvalue weighted by Crippen LogP contribution is 2.31. The van der Waals surface area contributed by atoms with Crippen LogP contribution in [-0.4, -0.2) is 24.3 Å². The van der Waals surface area contributed by atoms with Crippen molar-refractivity contribution < 1.29 is 19.0 Å². The Morgan fingerprint density at radius 2 is 1.85 bits per heavy atom. The summed E-state index contributed by atoms with van der Waals surface area (Å²) in [7, 11) is 1.54. The van der Waals surface area contributed by atoms with Gasteiger partial charge < -0.3 is 14.2 Å². The standard InChI is InChI=1S/C32H27N3O5S/c1-4-39-31(37)28-20(2)34-32-35(29(28)22-10-6-5-7-11-22)30(36)27(41-32)17-21-14-15-25(26(16-21)38-3)40-19-24-13-9-8-12-23(24)18-33/h5-17,29H,4,19H2,1-3H3/b27-17+/t29-/m1/s1. The number of hydrogen-bond donors (Lipinski definition) is 0. The van der Waals surface area contributed by atoms with Gasteiger partial charge in [-0.2, -0.15) is 5.26 Å².